The Morgan fingerprint density at radius 1 is 1.73 bits per heavy atom. The number of hydrogen-bond donors (Lipinski definition) is 1. The lowest BCUT2D eigenvalue weighted by Gasteiger charge is -2.11. The molecular formula is C8H15NO2. The highest BCUT2D eigenvalue weighted by Crippen LogP contribution is 2.02. The van der Waals surface area contributed by atoms with E-state index >= 15 is 0 Å². The summed E-state index contributed by atoms with van der Waals surface area (Å²) in [6, 6.07) is 0. The highest BCUT2D eigenvalue weighted by Gasteiger charge is 2.01. The molecule has 0 aromatic carbocycles. The van der Waals surface area contributed by atoms with Crippen LogP contribution in [0.3, 0.4) is 0 Å². The van der Waals surface area contributed by atoms with E-state index in [-0.39, 0.29) is 6.10 Å². The van der Waals surface area contributed by atoms with Crippen molar-refractivity contribution in [3.63, 3.8) is 0 Å². The molecule has 0 rings (SSSR count). The van der Waals surface area contributed by atoms with Gasteiger partial charge in [-0.15, -0.1) is 6.58 Å². The first-order chi connectivity index (χ1) is 5.35. The maximum atomic E-state index is 8.05. The molecule has 0 aliphatic rings. The van der Waals surface area contributed by atoms with Crippen LogP contribution >= 0.6 is 0 Å². The Labute approximate surface area is 67.4 Å². The van der Waals surface area contributed by atoms with Gasteiger partial charge < -0.3 is 9.94 Å². The van der Waals surface area contributed by atoms with Gasteiger partial charge in [-0.2, -0.15) is 0 Å². The van der Waals surface area contributed by atoms with E-state index in [0.29, 0.717) is 6.61 Å². The van der Waals surface area contributed by atoms with Crippen molar-refractivity contribution in [2.45, 2.75) is 25.9 Å². The molecule has 0 aromatic heterocycles. The smallest absolute Gasteiger partial charge is 0.0855 e. The second-order valence-electron chi connectivity index (χ2n) is 2.19. The lowest BCUT2D eigenvalue weighted by Crippen LogP contribution is -2.11. The quantitative estimate of drug-likeness (QED) is 0.276. The van der Waals surface area contributed by atoms with Crippen molar-refractivity contribution in [3.8, 4) is 0 Å². The molecule has 1 atom stereocenters. The molecule has 0 aliphatic heterocycles. The third-order valence-corrected chi connectivity index (χ3v) is 1.37. The average Bonchev–Trinajstić information content (AvgIpc) is 2.03. The van der Waals surface area contributed by atoms with Crippen LogP contribution in [0.1, 0.15) is 19.8 Å². The van der Waals surface area contributed by atoms with Crippen molar-refractivity contribution >= 4 is 6.21 Å². The minimum atomic E-state index is 0.200. The molecule has 0 heterocycles. The van der Waals surface area contributed by atoms with Gasteiger partial charge in [0.1, 0.15) is 0 Å². The molecule has 1 N–H and O–H groups in total. The van der Waals surface area contributed by atoms with Crippen molar-refractivity contribution in [1.82, 2.24) is 0 Å². The highest BCUT2D eigenvalue weighted by atomic mass is 16.5. The SMILES string of the molecule is C=CC[C@H](CC)OCC=NO. The third kappa shape index (κ3) is 5.61. The molecule has 0 amide bonds. The fourth-order valence-electron chi connectivity index (χ4n) is 0.751. The van der Waals surface area contributed by atoms with E-state index < -0.39 is 0 Å². The summed E-state index contributed by atoms with van der Waals surface area (Å²) in [5, 5.41) is 10.9. The molecule has 0 saturated heterocycles. The Bertz CT molecular complexity index is 123. The van der Waals surface area contributed by atoms with E-state index in [1.165, 1.54) is 6.21 Å². The average molecular weight is 157 g/mol. The molecule has 0 bridgehead atoms. The fourth-order valence-corrected chi connectivity index (χ4v) is 0.751. The summed E-state index contributed by atoms with van der Waals surface area (Å²) in [6.07, 6.45) is 5.14. The zero-order valence-corrected chi connectivity index (χ0v) is 6.86. The van der Waals surface area contributed by atoms with Gasteiger partial charge in [0.25, 0.3) is 0 Å². The molecule has 0 aromatic rings. The van der Waals surface area contributed by atoms with Crippen molar-refractivity contribution in [1.29, 1.82) is 0 Å². The second-order valence-corrected chi connectivity index (χ2v) is 2.19. The Morgan fingerprint density at radius 2 is 2.45 bits per heavy atom. The van der Waals surface area contributed by atoms with Gasteiger partial charge in [-0.25, -0.2) is 0 Å². The molecule has 3 heteroatoms. The lowest BCUT2D eigenvalue weighted by atomic mass is 10.2. The Kier molecular flexibility index (Phi) is 6.73. The molecule has 11 heavy (non-hydrogen) atoms. The molecule has 0 unspecified atom stereocenters. The zero-order valence-electron chi connectivity index (χ0n) is 6.86. The molecule has 0 fully saturated rings. The van der Waals surface area contributed by atoms with E-state index in [1.54, 1.807) is 0 Å². The number of ether oxygens (including phenoxy) is 1. The van der Waals surface area contributed by atoms with Crippen molar-refractivity contribution in [2.75, 3.05) is 6.61 Å². The first kappa shape index (κ1) is 10.2. The van der Waals surface area contributed by atoms with Crippen LogP contribution in [-0.4, -0.2) is 24.1 Å². The Hall–Kier alpha value is -0.830. The maximum Gasteiger partial charge on any atom is 0.0855 e. The maximum absolute atomic E-state index is 8.05. The number of rotatable bonds is 6. The van der Waals surface area contributed by atoms with E-state index in [4.69, 9.17) is 9.94 Å². The van der Waals surface area contributed by atoms with Crippen LogP contribution in [0.25, 0.3) is 0 Å². The summed E-state index contributed by atoms with van der Waals surface area (Å²) >= 11 is 0. The largest absolute Gasteiger partial charge is 0.411 e. The predicted octanol–water partition coefficient (Wildman–Crippen LogP) is 1.82. The molecule has 0 spiro atoms. The summed E-state index contributed by atoms with van der Waals surface area (Å²) in [6.45, 7) is 6.02. The van der Waals surface area contributed by atoms with E-state index in [2.05, 4.69) is 11.7 Å². The fraction of sp³-hybridized carbons (Fsp3) is 0.625. The summed E-state index contributed by atoms with van der Waals surface area (Å²) < 4.78 is 5.29. The Morgan fingerprint density at radius 3 is 2.91 bits per heavy atom. The number of nitrogens with zero attached hydrogens (tertiary/aromatic N) is 1. The summed E-state index contributed by atoms with van der Waals surface area (Å²) in [5.41, 5.74) is 0. The molecule has 0 radical (unpaired) electrons. The van der Waals surface area contributed by atoms with Crippen LogP contribution in [0.5, 0.6) is 0 Å². The lowest BCUT2D eigenvalue weighted by molar-refractivity contribution is 0.0818. The molecule has 0 aliphatic carbocycles. The summed E-state index contributed by atoms with van der Waals surface area (Å²) in [7, 11) is 0. The van der Waals surface area contributed by atoms with Crippen LogP contribution in [-0.2, 0) is 4.74 Å². The van der Waals surface area contributed by atoms with Gasteiger partial charge >= 0.3 is 0 Å². The topological polar surface area (TPSA) is 41.8 Å². The Balaban J connectivity index is 3.42. The highest BCUT2D eigenvalue weighted by molar-refractivity contribution is 5.57. The van der Waals surface area contributed by atoms with Gasteiger partial charge in [0.2, 0.25) is 0 Å². The minimum Gasteiger partial charge on any atom is -0.411 e. The van der Waals surface area contributed by atoms with Crippen molar-refractivity contribution < 1.29 is 9.94 Å². The van der Waals surface area contributed by atoms with Crippen molar-refractivity contribution in [2.24, 2.45) is 5.16 Å². The van der Waals surface area contributed by atoms with Gasteiger partial charge in [-0.1, -0.05) is 18.2 Å². The molecular weight excluding hydrogens is 142 g/mol. The third-order valence-electron chi connectivity index (χ3n) is 1.37. The zero-order chi connectivity index (χ0) is 8.53. The minimum absolute atomic E-state index is 0.200. The monoisotopic (exact) mass is 157 g/mol. The van der Waals surface area contributed by atoms with E-state index in [1.807, 2.05) is 13.0 Å². The second kappa shape index (κ2) is 7.28. The van der Waals surface area contributed by atoms with E-state index in [0.717, 1.165) is 12.8 Å². The van der Waals surface area contributed by atoms with Crippen LogP contribution in [0.2, 0.25) is 0 Å². The van der Waals surface area contributed by atoms with Crippen LogP contribution in [0.15, 0.2) is 17.8 Å². The first-order valence-electron chi connectivity index (χ1n) is 3.73. The van der Waals surface area contributed by atoms with Crippen LogP contribution < -0.4 is 0 Å². The molecule has 0 saturated carbocycles. The van der Waals surface area contributed by atoms with Crippen LogP contribution in [0, 0.1) is 0 Å². The van der Waals surface area contributed by atoms with Gasteiger partial charge in [-0.05, 0) is 12.8 Å². The molecule has 3 nitrogen and oxygen atoms in total. The standard InChI is InChI=1S/C8H15NO2/c1-3-5-8(4-2)11-7-6-9-10/h3,6,8,10H,1,4-5,7H2,2H3/t8-/m0/s1. The summed E-state index contributed by atoms with van der Waals surface area (Å²) in [5.74, 6) is 0. The first-order valence-corrected chi connectivity index (χ1v) is 3.73. The van der Waals surface area contributed by atoms with Gasteiger partial charge in [-0.3, -0.25) is 0 Å². The number of hydrogen-bond acceptors (Lipinski definition) is 3. The summed E-state index contributed by atoms with van der Waals surface area (Å²) in [4.78, 5) is 0. The predicted molar refractivity (Wildman–Crippen MR) is 45.1 cm³/mol. The van der Waals surface area contributed by atoms with Crippen LogP contribution in [0.4, 0.5) is 0 Å². The molecule has 64 valence electrons. The normalized spacial score (nSPS) is 13.5. The van der Waals surface area contributed by atoms with E-state index in [9.17, 15) is 0 Å². The number of oxime groups is 1. The van der Waals surface area contributed by atoms with Crippen molar-refractivity contribution in [3.05, 3.63) is 12.7 Å². The van der Waals surface area contributed by atoms with Gasteiger partial charge in [0.05, 0.1) is 18.9 Å². The van der Waals surface area contributed by atoms with Gasteiger partial charge in [0, 0.05) is 0 Å². The van der Waals surface area contributed by atoms with Gasteiger partial charge in [0.15, 0.2) is 0 Å².